The number of benzene rings is 1. The van der Waals surface area contributed by atoms with Crippen molar-refractivity contribution in [3.05, 3.63) is 29.8 Å². The van der Waals surface area contributed by atoms with Crippen LogP contribution in [0.15, 0.2) is 24.3 Å². The number of nitrogens with two attached hydrogens (primary N) is 1. The van der Waals surface area contributed by atoms with E-state index in [2.05, 4.69) is 43.0 Å². The topological polar surface area (TPSA) is 29.3 Å². The highest BCUT2D eigenvalue weighted by molar-refractivity contribution is 5.85. The molecular weight excluding hydrogens is 244 g/mol. The number of rotatable bonds is 5. The van der Waals surface area contributed by atoms with Crippen LogP contribution in [0, 0.1) is 5.92 Å². The molecule has 0 unspecified atom stereocenters. The third kappa shape index (κ3) is 3.18. The van der Waals surface area contributed by atoms with Crippen molar-refractivity contribution in [2.45, 2.75) is 39.2 Å². The van der Waals surface area contributed by atoms with E-state index in [1.165, 1.54) is 30.5 Å². The lowest BCUT2D eigenvalue weighted by atomic mass is 9.77. The van der Waals surface area contributed by atoms with Crippen molar-refractivity contribution in [2.75, 3.05) is 18.0 Å². The molecule has 0 amide bonds. The highest BCUT2D eigenvalue weighted by atomic mass is 35.5. The van der Waals surface area contributed by atoms with Gasteiger partial charge in [0.15, 0.2) is 0 Å². The molecule has 1 aromatic carbocycles. The Morgan fingerprint density at radius 1 is 1.17 bits per heavy atom. The average Bonchev–Trinajstić information content (AvgIpc) is 2.29. The SMILES string of the molecule is CCN(CC)c1ccc([C@@H](N)C2CCC2)cc1.Cl. The molecule has 3 heteroatoms. The first-order valence-electron chi connectivity index (χ1n) is 6.86. The van der Waals surface area contributed by atoms with Gasteiger partial charge in [0.25, 0.3) is 0 Å². The number of hydrogen-bond acceptors (Lipinski definition) is 2. The van der Waals surface area contributed by atoms with Gasteiger partial charge in [-0.3, -0.25) is 0 Å². The highest BCUT2D eigenvalue weighted by Crippen LogP contribution is 2.36. The second-order valence-electron chi connectivity index (χ2n) is 4.98. The van der Waals surface area contributed by atoms with Crippen LogP contribution < -0.4 is 10.6 Å². The lowest BCUT2D eigenvalue weighted by Crippen LogP contribution is -2.27. The smallest absolute Gasteiger partial charge is 0.0366 e. The molecule has 1 saturated carbocycles. The van der Waals surface area contributed by atoms with E-state index >= 15 is 0 Å². The summed E-state index contributed by atoms with van der Waals surface area (Å²) in [7, 11) is 0. The maximum Gasteiger partial charge on any atom is 0.0366 e. The molecule has 18 heavy (non-hydrogen) atoms. The van der Waals surface area contributed by atoms with Crippen LogP contribution in [0.5, 0.6) is 0 Å². The molecule has 1 fully saturated rings. The van der Waals surface area contributed by atoms with Gasteiger partial charge in [-0.1, -0.05) is 18.6 Å². The minimum Gasteiger partial charge on any atom is -0.372 e. The predicted octanol–water partition coefficient (Wildman–Crippen LogP) is 3.75. The predicted molar refractivity (Wildman–Crippen MR) is 81.5 cm³/mol. The molecule has 0 radical (unpaired) electrons. The summed E-state index contributed by atoms with van der Waals surface area (Å²) < 4.78 is 0. The van der Waals surface area contributed by atoms with Crippen LogP contribution in [-0.4, -0.2) is 13.1 Å². The molecule has 102 valence electrons. The van der Waals surface area contributed by atoms with Crippen LogP contribution in [0.25, 0.3) is 0 Å². The lowest BCUT2D eigenvalue weighted by molar-refractivity contribution is 0.264. The van der Waals surface area contributed by atoms with Crippen molar-refractivity contribution < 1.29 is 0 Å². The van der Waals surface area contributed by atoms with Gasteiger partial charge in [0.2, 0.25) is 0 Å². The highest BCUT2D eigenvalue weighted by Gasteiger charge is 2.25. The zero-order valence-corrected chi connectivity index (χ0v) is 12.2. The van der Waals surface area contributed by atoms with E-state index in [0.717, 1.165) is 13.1 Å². The summed E-state index contributed by atoms with van der Waals surface area (Å²) >= 11 is 0. The van der Waals surface area contributed by atoms with E-state index in [1.54, 1.807) is 0 Å². The zero-order chi connectivity index (χ0) is 12.3. The Labute approximate surface area is 117 Å². The molecule has 0 spiro atoms. The second kappa shape index (κ2) is 7.01. The van der Waals surface area contributed by atoms with Crippen molar-refractivity contribution in [1.29, 1.82) is 0 Å². The van der Waals surface area contributed by atoms with E-state index in [9.17, 15) is 0 Å². The van der Waals surface area contributed by atoms with Crippen LogP contribution in [0.2, 0.25) is 0 Å². The van der Waals surface area contributed by atoms with Gasteiger partial charge in [-0.25, -0.2) is 0 Å². The molecular formula is C15H25ClN2. The first-order chi connectivity index (χ1) is 8.26. The van der Waals surface area contributed by atoms with Gasteiger partial charge in [-0.05, 0) is 50.3 Å². The van der Waals surface area contributed by atoms with Gasteiger partial charge in [-0.2, -0.15) is 0 Å². The summed E-state index contributed by atoms with van der Waals surface area (Å²) in [4.78, 5) is 2.36. The molecule has 0 bridgehead atoms. The van der Waals surface area contributed by atoms with Crippen LogP contribution in [0.4, 0.5) is 5.69 Å². The lowest BCUT2D eigenvalue weighted by Gasteiger charge is -2.31. The van der Waals surface area contributed by atoms with E-state index in [0.29, 0.717) is 5.92 Å². The molecule has 1 aliphatic rings. The molecule has 2 nitrogen and oxygen atoms in total. The Morgan fingerprint density at radius 2 is 1.72 bits per heavy atom. The Kier molecular flexibility index (Phi) is 5.97. The molecule has 1 aliphatic carbocycles. The average molecular weight is 269 g/mol. The van der Waals surface area contributed by atoms with Crippen molar-refractivity contribution in [3.63, 3.8) is 0 Å². The molecule has 0 heterocycles. The van der Waals surface area contributed by atoms with Crippen LogP contribution in [0.3, 0.4) is 0 Å². The van der Waals surface area contributed by atoms with Gasteiger partial charge >= 0.3 is 0 Å². The van der Waals surface area contributed by atoms with E-state index in [-0.39, 0.29) is 18.4 Å². The van der Waals surface area contributed by atoms with Crippen molar-refractivity contribution >= 4 is 18.1 Å². The van der Waals surface area contributed by atoms with Crippen molar-refractivity contribution in [1.82, 2.24) is 0 Å². The molecule has 0 aliphatic heterocycles. The number of anilines is 1. The monoisotopic (exact) mass is 268 g/mol. The molecule has 0 saturated heterocycles. The third-order valence-electron chi connectivity index (χ3n) is 4.06. The Balaban J connectivity index is 0.00000162. The summed E-state index contributed by atoms with van der Waals surface area (Å²) in [6, 6.07) is 9.07. The fraction of sp³-hybridized carbons (Fsp3) is 0.600. The normalized spacial score (nSPS) is 16.6. The number of hydrogen-bond donors (Lipinski definition) is 1. The quantitative estimate of drug-likeness (QED) is 0.881. The van der Waals surface area contributed by atoms with Gasteiger partial charge in [-0.15, -0.1) is 12.4 Å². The molecule has 2 rings (SSSR count). The fourth-order valence-electron chi connectivity index (χ4n) is 2.57. The first kappa shape index (κ1) is 15.3. The maximum absolute atomic E-state index is 6.28. The van der Waals surface area contributed by atoms with Gasteiger partial charge in [0, 0.05) is 24.8 Å². The summed E-state index contributed by atoms with van der Waals surface area (Å²) in [6.07, 6.45) is 3.97. The van der Waals surface area contributed by atoms with Crippen LogP contribution >= 0.6 is 12.4 Å². The van der Waals surface area contributed by atoms with E-state index < -0.39 is 0 Å². The first-order valence-corrected chi connectivity index (χ1v) is 6.86. The minimum atomic E-state index is 0. The molecule has 2 N–H and O–H groups in total. The Bertz CT molecular complexity index is 342. The Morgan fingerprint density at radius 3 is 2.11 bits per heavy atom. The standard InChI is InChI=1S/C15H24N2.ClH/c1-3-17(4-2)14-10-8-13(9-11-14)15(16)12-6-5-7-12;/h8-12,15H,3-7,16H2,1-2H3;1H/t15-;/m0./s1. The molecule has 0 aromatic heterocycles. The van der Waals surface area contributed by atoms with Gasteiger partial charge < -0.3 is 10.6 Å². The summed E-state index contributed by atoms with van der Waals surface area (Å²) in [5, 5.41) is 0. The number of nitrogens with zero attached hydrogens (tertiary/aromatic N) is 1. The number of halogens is 1. The van der Waals surface area contributed by atoms with Crippen molar-refractivity contribution in [2.24, 2.45) is 11.7 Å². The summed E-state index contributed by atoms with van der Waals surface area (Å²) in [6.45, 7) is 6.50. The van der Waals surface area contributed by atoms with Crippen LogP contribution in [-0.2, 0) is 0 Å². The van der Waals surface area contributed by atoms with E-state index in [4.69, 9.17) is 5.73 Å². The molecule has 1 atom stereocenters. The third-order valence-corrected chi connectivity index (χ3v) is 4.06. The van der Waals surface area contributed by atoms with Gasteiger partial charge in [0.1, 0.15) is 0 Å². The zero-order valence-electron chi connectivity index (χ0n) is 11.4. The second-order valence-corrected chi connectivity index (χ2v) is 4.98. The fourth-order valence-corrected chi connectivity index (χ4v) is 2.57. The summed E-state index contributed by atoms with van der Waals surface area (Å²) in [5.74, 6) is 0.717. The largest absolute Gasteiger partial charge is 0.372 e. The minimum absolute atomic E-state index is 0. The Hall–Kier alpha value is -0.730. The van der Waals surface area contributed by atoms with Gasteiger partial charge in [0.05, 0.1) is 0 Å². The molecule has 1 aromatic rings. The van der Waals surface area contributed by atoms with Crippen LogP contribution in [0.1, 0.15) is 44.7 Å². The summed E-state index contributed by atoms with van der Waals surface area (Å²) in [5.41, 5.74) is 8.88. The van der Waals surface area contributed by atoms with Crippen molar-refractivity contribution in [3.8, 4) is 0 Å². The maximum atomic E-state index is 6.28. The van der Waals surface area contributed by atoms with E-state index in [1.807, 2.05) is 0 Å².